The van der Waals surface area contributed by atoms with Crippen LogP contribution in [0.15, 0.2) is 6.33 Å². The fourth-order valence-corrected chi connectivity index (χ4v) is 5.15. The van der Waals surface area contributed by atoms with Crippen LogP contribution in [-0.4, -0.2) is 118 Å². The zero-order valence-corrected chi connectivity index (χ0v) is 24.3. The third kappa shape index (κ3) is 9.70. The number of rotatable bonds is 18. The molecular formula is C24H41N9O8S. The lowest BCUT2D eigenvalue weighted by molar-refractivity contribution is -0.138. The number of nitrogens with two attached hydrogens (primary N) is 2. The fourth-order valence-electron chi connectivity index (χ4n) is 4.42. The monoisotopic (exact) mass is 615 g/mol. The van der Waals surface area contributed by atoms with Gasteiger partial charge in [-0.1, -0.05) is 12.8 Å². The number of nitrogens with zero attached hydrogens (tertiary/aromatic N) is 4. The van der Waals surface area contributed by atoms with Gasteiger partial charge >= 0.3 is 5.97 Å². The Hall–Kier alpha value is -3.16. The van der Waals surface area contributed by atoms with Gasteiger partial charge in [0.2, 0.25) is 11.9 Å². The van der Waals surface area contributed by atoms with Gasteiger partial charge in [-0.15, -0.1) is 0 Å². The van der Waals surface area contributed by atoms with Crippen LogP contribution < -0.4 is 27.4 Å². The molecule has 0 bridgehead atoms. The Morgan fingerprint density at radius 3 is 2.57 bits per heavy atom. The Balaban J connectivity index is 1.48. The number of hydrogen-bond donors (Lipinski definition) is 8. The van der Waals surface area contributed by atoms with E-state index in [1.807, 2.05) is 0 Å². The molecule has 17 nitrogen and oxygen atoms in total. The lowest BCUT2D eigenvalue weighted by Gasteiger charge is -2.17. The summed E-state index contributed by atoms with van der Waals surface area (Å²) in [5.74, 6) is -0.811. The van der Waals surface area contributed by atoms with Crippen LogP contribution in [0.3, 0.4) is 0 Å². The zero-order chi connectivity index (χ0) is 30.9. The van der Waals surface area contributed by atoms with Crippen molar-refractivity contribution in [3.63, 3.8) is 0 Å². The molecule has 2 aromatic heterocycles. The van der Waals surface area contributed by atoms with E-state index in [2.05, 4.69) is 30.9 Å². The van der Waals surface area contributed by atoms with Crippen LogP contribution in [0.4, 0.5) is 11.8 Å². The number of amides is 1. The predicted molar refractivity (Wildman–Crippen MR) is 153 cm³/mol. The average molecular weight is 616 g/mol. The number of unbranched alkanes of at least 4 members (excludes halogenated alkanes) is 3. The van der Waals surface area contributed by atoms with E-state index < -0.39 is 46.4 Å². The van der Waals surface area contributed by atoms with Crippen LogP contribution >= 0.6 is 0 Å². The molecule has 5 atom stereocenters. The van der Waals surface area contributed by atoms with Gasteiger partial charge in [0.1, 0.15) is 39.7 Å². The molecule has 0 aliphatic carbocycles. The van der Waals surface area contributed by atoms with Crippen LogP contribution in [0.25, 0.3) is 11.2 Å². The SMILES string of the molecule is CS(=O)(=O)CCCCCCC(=O)NCCNc1nc(N)c2ncn([C@@H]3O[C@H](CNCC[C@H](N)C(=O)O)[C@@H](O)[C@H]3O)c2n1. The number of aromatic nitrogens is 4. The molecule has 3 rings (SSSR count). The highest BCUT2D eigenvalue weighted by molar-refractivity contribution is 7.90. The smallest absolute Gasteiger partial charge is 0.320 e. The van der Waals surface area contributed by atoms with Crippen molar-refractivity contribution in [2.24, 2.45) is 5.73 Å². The molecule has 236 valence electrons. The number of carbonyl (C=O) groups excluding carboxylic acids is 1. The summed E-state index contributed by atoms with van der Waals surface area (Å²) in [5.41, 5.74) is 12.1. The Labute approximate surface area is 243 Å². The highest BCUT2D eigenvalue weighted by Gasteiger charge is 2.44. The first-order valence-electron chi connectivity index (χ1n) is 13.8. The average Bonchev–Trinajstić information content (AvgIpc) is 3.46. The highest BCUT2D eigenvalue weighted by atomic mass is 32.2. The van der Waals surface area contributed by atoms with E-state index in [0.29, 0.717) is 32.4 Å². The largest absolute Gasteiger partial charge is 0.480 e. The summed E-state index contributed by atoms with van der Waals surface area (Å²) in [4.78, 5) is 35.8. The summed E-state index contributed by atoms with van der Waals surface area (Å²) in [6.45, 7) is 1.03. The first-order valence-corrected chi connectivity index (χ1v) is 15.8. The quantitative estimate of drug-likeness (QED) is 0.0838. The molecule has 10 N–H and O–H groups in total. The summed E-state index contributed by atoms with van der Waals surface area (Å²) >= 11 is 0. The van der Waals surface area contributed by atoms with Crippen molar-refractivity contribution in [3.8, 4) is 0 Å². The number of carbonyl (C=O) groups is 2. The molecule has 18 heteroatoms. The van der Waals surface area contributed by atoms with Gasteiger partial charge in [0, 0.05) is 38.1 Å². The number of nitrogens with one attached hydrogen (secondary N) is 3. The standard InChI is InChI=1S/C24H41N9O8S/c1-42(39,40)11-5-3-2-4-6-16(34)28-9-10-29-24-31-20(26)17-21(32-24)33(13-30-17)22-19(36)18(35)15(41-22)12-27-8-7-14(25)23(37)38/h13-15,18-19,22,27,35-36H,2-12,25H2,1H3,(H,28,34)(H,37,38)(H3,26,29,31,32)/t14-,15+,18+,19+,22+/m0/s1. The van der Waals surface area contributed by atoms with Crippen molar-refractivity contribution in [2.75, 3.05) is 49.2 Å². The maximum Gasteiger partial charge on any atom is 0.320 e. The maximum atomic E-state index is 12.1. The van der Waals surface area contributed by atoms with E-state index in [1.165, 1.54) is 17.2 Å². The number of nitrogen functional groups attached to an aromatic ring is 1. The second kappa shape index (κ2) is 15.4. The van der Waals surface area contributed by atoms with Gasteiger partial charge < -0.3 is 47.5 Å². The van der Waals surface area contributed by atoms with Crippen molar-refractivity contribution in [1.82, 2.24) is 30.2 Å². The van der Waals surface area contributed by atoms with Gasteiger partial charge in [-0.25, -0.2) is 13.4 Å². The Bertz CT molecular complexity index is 1310. The second-order valence-corrected chi connectivity index (χ2v) is 12.6. The summed E-state index contributed by atoms with van der Waals surface area (Å²) < 4.78 is 29.6. The number of hydrogen-bond acceptors (Lipinski definition) is 14. The highest BCUT2D eigenvalue weighted by Crippen LogP contribution is 2.32. The van der Waals surface area contributed by atoms with Crippen LogP contribution in [0.1, 0.15) is 44.8 Å². The number of aliphatic hydroxyl groups is 2. The minimum atomic E-state index is -2.96. The van der Waals surface area contributed by atoms with Crippen LogP contribution in [0.2, 0.25) is 0 Å². The molecule has 1 saturated heterocycles. The van der Waals surface area contributed by atoms with Crippen molar-refractivity contribution in [1.29, 1.82) is 0 Å². The molecule has 0 spiro atoms. The number of sulfone groups is 1. The third-order valence-corrected chi connectivity index (χ3v) is 7.78. The maximum absolute atomic E-state index is 12.1. The van der Waals surface area contributed by atoms with Crippen molar-refractivity contribution < 1.29 is 38.1 Å². The van der Waals surface area contributed by atoms with Crippen molar-refractivity contribution in [3.05, 3.63) is 6.33 Å². The Kier molecular flexibility index (Phi) is 12.2. The molecule has 0 radical (unpaired) electrons. The molecule has 1 aliphatic rings. The molecule has 0 saturated carbocycles. The molecule has 42 heavy (non-hydrogen) atoms. The normalized spacial score (nSPS) is 21.4. The number of carboxylic acid groups (broad SMARTS) is 1. The van der Waals surface area contributed by atoms with E-state index in [1.54, 1.807) is 0 Å². The number of aliphatic carboxylic acids is 1. The summed E-state index contributed by atoms with van der Waals surface area (Å²) in [6.07, 6.45) is 1.54. The number of aliphatic hydroxyl groups excluding tert-OH is 2. The van der Waals surface area contributed by atoms with E-state index in [4.69, 9.17) is 21.3 Å². The van der Waals surface area contributed by atoms with E-state index in [9.17, 15) is 28.2 Å². The summed E-state index contributed by atoms with van der Waals surface area (Å²) in [6, 6.07) is -1.01. The molecule has 1 amide bonds. The van der Waals surface area contributed by atoms with Gasteiger partial charge in [-0.05, 0) is 25.8 Å². The first kappa shape index (κ1) is 33.3. The lowest BCUT2D eigenvalue weighted by atomic mass is 10.1. The van der Waals surface area contributed by atoms with E-state index in [0.717, 1.165) is 12.8 Å². The molecule has 0 unspecified atom stereocenters. The minimum Gasteiger partial charge on any atom is -0.480 e. The van der Waals surface area contributed by atoms with Crippen LogP contribution in [-0.2, 0) is 24.2 Å². The number of fused-ring (bicyclic) bond motifs is 1. The zero-order valence-electron chi connectivity index (χ0n) is 23.5. The van der Waals surface area contributed by atoms with Gasteiger partial charge in [0.25, 0.3) is 0 Å². The predicted octanol–water partition coefficient (Wildman–Crippen LogP) is -2.06. The number of anilines is 2. The summed E-state index contributed by atoms with van der Waals surface area (Å²) in [7, 11) is -2.96. The van der Waals surface area contributed by atoms with Gasteiger partial charge in [-0.3, -0.25) is 14.2 Å². The van der Waals surface area contributed by atoms with Gasteiger partial charge in [-0.2, -0.15) is 9.97 Å². The van der Waals surface area contributed by atoms with E-state index in [-0.39, 0.29) is 54.1 Å². The van der Waals surface area contributed by atoms with Crippen molar-refractivity contribution >= 4 is 44.6 Å². The molecule has 3 heterocycles. The molecule has 1 aliphatic heterocycles. The third-order valence-electron chi connectivity index (χ3n) is 6.75. The van der Waals surface area contributed by atoms with Gasteiger partial charge in [0.15, 0.2) is 17.7 Å². The second-order valence-electron chi connectivity index (χ2n) is 10.3. The molecular weight excluding hydrogens is 574 g/mol. The van der Waals surface area contributed by atoms with Crippen LogP contribution in [0.5, 0.6) is 0 Å². The number of carboxylic acids is 1. The van der Waals surface area contributed by atoms with E-state index >= 15 is 0 Å². The van der Waals surface area contributed by atoms with Gasteiger partial charge in [0.05, 0.1) is 6.33 Å². The molecule has 2 aromatic rings. The van der Waals surface area contributed by atoms with Crippen LogP contribution in [0, 0.1) is 0 Å². The number of ether oxygens (including phenoxy) is 1. The topological polar surface area (TPSA) is 270 Å². The Morgan fingerprint density at radius 2 is 1.86 bits per heavy atom. The van der Waals surface area contributed by atoms with Crippen molar-refractivity contribution in [2.45, 2.75) is 69.1 Å². The minimum absolute atomic E-state index is 0.0854. The fraction of sp³-hybridized carbons (Fsp3) is 0.708. The lowest BCUT2D eigenvalue weighted by Crippen LogP contribution is -2.40. The summed E-state index contributed by atoms with van der Waals surface area (Å²) in [5, 5.41) is 38.8. The number of imidazole rings is 1. The molecule has 1 fully saturated rings. The molecule has 0 aromatic carbocycles. The Morgan fingerprint density at radius 1 is 1.12 bits per heavy atom. The first-order chi connectivity index (χ1) is 19.9.